The molecule has 0 bridgehead atoms. The van der Waals surface area contributed by atoms with Gasteiger partial charge in [0.25, 0.3) is 0 Å². The van der Waals surface area contributed by atoms with Crippen LogP contribution in [0.15, 0.2) is 60.7 Å². The molecule has 50 heavy (non-hydrogen) atoms. The van der Waals surface area contributed by atoms with Gasteiger partial charge < -0.3 is 30.1 Å². The monoisotopic (exact) mass is 680 g/mol. The summed E-state index contributed by atoms with van der Waals surface area (Å²) in [5.41, 5.74) is 5.83. The average molecular weight is 681 g/mol. The standard InChI is InChI=1S/C40H52N6O4/c1-37(2,3)31(45-35(47)49-39(7,8)9)33-41-27-19-17-25(21-29(27)43-33)23-13-15-24(16-14-23)26-18-20-28-30(22-26)44-34(42-28)32(38(4,5)6)46-36(48)50-40(10,11)12/h13-22,31-32H,1-12H3,(H,41,43)(H,42,44)(H,45,47)(H,46,48)/t31-,32-/m1/s1. The van der Waals surface area contributed by atoms with Crippen molar-refractivity contribution in [2.75, 3.05) is 0 Å². The van der Waals surface area contributed by atoms with Crippen molar-refractivity contribution in [3.05, 3.63) is 72.3 Å². The number of nitrogens with zero attached hydrogens (tertiary/aromatic N) is 2. The van der Waals surface area contributed by atoms with E-state index >= 15 is 0 Å². The van der Waals surface area contributed by atoms with Gasteiger partial charge in [-0.15, -0.1) is 0 Å². The lowest BCUT2D eigenvalue weighted by Crippen LogP contribution is -2.40. The van der Waals surface area contributed by atoms with E-state index in [4.69, 9.17) is 19.4 Å². The quantitative estimate of drug-likeness (QED) is 0.141. The molecule has 0 unspecified atom stereocenters. The summed E-state index contributed by atoms with van der Waals surface area (Å²) in [4.78, 5) is 41.9. The van der Waals surface area contributed by atoms with Gasteiger partial charge >= 0.3 is 12.2 Å². The van der Waals surface area contributed by atoms with Crippen LogP contribution < -0.4 is 10.6 Å². The summed E-state index contributed by atoms with van der Waals surface area (Å²) < 4.78 is 11.1. The van der Waals surface area contributed by atoms with Crippen LogP contribution in [0.3, 0.4) is 0 Å². The van der Waals surface area contributed by atoms with Gasteiger partial charge in [-0.3, -0.25) is 0 Å². The van der Waals surface area contributed by atoms with Crippen LogP contribution in [0, 0.1) is 10.8 Å². The second-order valence-corrected chi connectivity index (χ2v) is 17.2. The zero-order valence-corrected chi connectivity index (χ0v) is 31.5. The fourth-order valence-corrected chi connectivity index (χ4v) is 5.79. The van der Waals surface area contributed by atoms with E-state index < -0.39 is 23.4 Å². The first-order valence-corrected chi connectivity index (χ1v) is 17.1. The second-order valence-electron chi connectivity index (χ2n) is 17.2. The number of carbonyl (C=O) groups is 2. The van der Waals surface area contributed by atoms with Crippen LogP contribution in [-0.2, 0) is 9.47 Å². The molecule has 0 aliphatic carbocycles. The molecule has 0 saturated heterocycles. The number of rotatable bonds is 6. The van der Waals surface area contributed by atoms with Crippen LogP contribution in [0.1, 0.15) is 107 Å². The van der Waals surface area contributed by atoms with E-state index in [1.54, 1.807) is 0 Å². The Hall–Kier alpha value is -4.86. The Morgan fingerprint density at radius 3 is 1.16 bits per heavy atom. The minimum Gasteiger partial charge on any atom is -0.444 e. The lowest BCUT2D eigenvalue weighted by atomic mass is 9.86. The SMILES string of the molecule is CC(C)(C)OC(=O)N[C@H](c1nc2ccc(-c3ccc(-c4ccc5nc([C@@H](NC(=O)OC(C)(C)C)C(C)(C)C)[nH]c5c4)cc3)cc2[nH]1)C(C)(C)C. The smallest absolute Gasteiger partial charge is 0.408 e. The number of fused-ring (bicyclic) bond motifs is 2. The van der Waals surface area contributed by atoms with Crippen LogP contribution in [0.25, 0.3) is 44.3 Å². The number of ether oxygens (including phenoxy) is 2. The van der Waals surface area contributed by atoms with Crippen molar-refractivity contribution >= 4 is 34.3 Å². The maximum atomic E-state index is 12.7. The summed E-state index contributed by atoms with van der Waals surface area (Å²) in [5, 5.41) is 6.03. The fraction of sp³-hybridized carbons (Fsp3) is 0.450. The van der Waals surface area contributed by atoms with E-state index in [1.807, 2.05) is 53.7 Å². The first kappa shape index (κ1) is 36.4. The molecule has 5 rings (SSSR count). The number of hydrogen-bond acceptors (Lipinski definition) is 6. The van der Waals surface area contributed by atoms with Crippen molar-refractivity contribution in [2.45, 2.75) is 106 Å². The molecule has 0 aliphatic heterocycles. The third-order valence-electron chi connectivity index (χ3n) is 8.15. The molecule has 266 valence electrons. The van der Waals surface area contributed by atoms with Crippen LogP contribution in [0.5, 0.6) is 0 Å². The summed E-state index contributed by atoms with van der Waals surface area (Å²) >= 11 is 0. The fourth-order valence-electron chi connectivity index (χ4n) is 5.79. The van der Waals surface area contributed by atoms with Gasteiger partial charge in [0.05, 0.1) is 34.2 Å². The number of amides is 2. The molecule has 3 aromatic carbocycles. The van der Waals surface area contributed by atoms with E-state index in [0.717, 1.165) is 44.3 Å². The summed E-state index contributed by atoms with van der Waals surface area (Å²) in [6, 6.07) is 20.0. The Labute approximate surface area is 295 Å². The molecule has 2 atom stereocenters. The maximum Gasteiger partial charge on any atom is 0.408 e. The van der Waals surface area contributed by atoms with Gasteiger partial charge in [0.15, 0.2) is 0 Å². The van der Waals surface area contributed by atoms with Gasteiger partial charge in [0.2, 0.25) is 0 Å². The Bertz CT molecular complexity index is 1850. The number of H-pyrrole nitrogens is 2. The minimum atomic E-state index is -0.599. The molecule has 5 aromatic rings. The molecule has 0 spiro atoms. The highest BCUT2D eigenvalue weighted by Gasteiger charge is 2.33. The molecule has 0 fully saturated rings. The number of imidazole rings is 2. The van der Waals surface area contributed by atoms with Crippen molar-refractivity contribution in [1.29, 1.82) is 0 Å². The Balaban J connectivity index is 1.37. The van der Waals surface area contributed by atoms with Crippen LogP contribution in [0.4, 0.5) is 9.59 Å². The molecular formula is C40H52N6O4. The van der Waals surface area contributed by atoms with Gasteiger partial charge in [-0.25, -0.2) is 19.6 Å². The molecule has 2 aromatic heterocycles. The number of hydrogen-bond donors (Lipinski definition) is 4. The Morgan fingerprint density at radius 1 is 0.540 bits per heavy atom. The third-order valence-corrected chi connectivity index (χ3v) is 8.15. The Kier molecular flexibility index (Phi) is 9.55. The van der Waals surface area contributed by atoms with Crippen LogP contribution in [-0.4, -0.2) is 43.3 Å². The molecule has 10 nitrogen and oxygen atoms in total. The van der Waals surface area contributed by atoms with Gasteiger partial charge in [-0.1, -0.05) is 77.9 Å². The van der Waals surface area contributed by atoms with Crippen LogP contribution >= 0.6 is 0 Å². The topological polar surface area (TPSA) is 134 Å². The number of nitrogens with one attached hydrogen (secondary N) is 4. The van der Waals surface area contributed by atoms with Gasteiger partial charge in [0, 0.05) is 0 Å². The number of carbonyl (C=O) groups excluding carboxylic acids is 2. The van der Waals surface area contributed by atoms with E-state index in [2.05, 4.69) is 111 Å². The van der Waals surface area contributed by atoms with E-state index in [-0.39, 0.29) is 22.9 Å². The van der Waals surface area contributed by atoms with Gasteiger partial charge in [0.1, 0.15) is 22.9 Å². The summed E-state index contributed by atoms with van der Waals surface area (Å²) in [6.07, 6.45) is -0.954. The number of aromatic amines is 2. The van der Waals surface area contributed by atoms with E-state index in [9.17, 15) is 9.59 Å². The van der Waals surface area contributed by atoms with Gasteiger partial charge in [-0.2, -0.15) is 0 Å². The molecule has 2 heterocycles. The molecule has 10 heteroatoms. The molecule has 2 amide bonds. The van der Waals surface area contributed by atoms with Crippen molar-refractivity contribution in [3.63, 3.8) is 0 Å². The van der Waals surface area contributed by atoms with Crippen molar-refractivity contribution in [2.24, 2.45) is 10.8 Å². The predicted octanol–water partition coefficient (Wildman–Crippen LogP) is 10.00. The summed E-state index contributed by atoms with van der Waals surface area (Å²) in [6.45, 7) is 23.4. The number of alkyl carbamates (subject to hydrolysis) is 2. The lowest BCUT2D eigenvalue weighted by Gasteiger charge is -2.31. The average Bonchev–Trinajstić information content (AvgIpc) is 3.59. The molecule has 0 radical (unpaired) electrons. The largest absolute Gasteiger partial charge is 0.444 e. The normalized spacial score (nSPS) is 14.0. The number of aromatic nitrogens is 4. The third kappa shape index (κ3) is 8.83. The van der Waals surface area contributed by atoms with Crippen molar-refractivity contribution in [3.8, 4) is 22.3 Å². The molecule has 0 aliphatic rings. The zero-order chi connectivity index (χ0) is 36.8. The van der Waals surface area contributed by atoms with E-state index in [1.165, 1.54) is 0 Å². The highest BCUT2D eigenvalue weighted by molar-refractivity contribution is 5.85. The first-order valence-electron chi connectivity index (χ1n) is 17.1. The minimum absolute atomic E-state index is 0.310. The second kappa shape index (κ2) is 13.1. The summed E-state index contributed by atoms with van der Waals surface area (Å²) in [5.74, 6) is 1.36. The van der Waals surface area contributed by atoms with Crippen molar-refractivity contribution in [1.82, 2.24) is 30.6 Å². The Morgan fingerprint density at radius 2 is 0.860 bits per heavy atom. The highest BCUT2D eigenvalue weighted by Crippen LogP contribution is 2.36. The summed E-state index contributed by atoms with van der Waals surface area (Å²) in [7, 11) is 0. The van der Waals surface area contributed by atoms with Crippen LogP contribution in [0.2, 0.25) is 0 Å². The molecule has 0 saturated carbocycles. The predicted molar refractivity (Wildman–Crippen MR) is 200 cm³/mol. The number of benzene rings is 3. The van der Waals surface area contributed by atoms with Crippen molar-refractivity contribution < 1.29 is 19.1 Å². The van der Waals surface area contributed by atoms with Gasteiger partial charge in [-0.05, 0) is 98.9 Å². The first-order chi connectivity index (χ1) is 23.1. The zero-order valence-electron chi connectivity index (χ0n) is 31.5. The van der Waals surface area contributed by atoms with E-state index in [0.29, 0.717) is 11.6 Å². The molecular weight excluding hydrogens is 628 g/mol. The maximum absolute atomic E-state index is 12.7. The highest BCUT2D eigenvalue weighted by atomic mass is 16.6. The lowest BCUT2D eigenvalue weighted by molar-refractivity contribution is 0.0448. The molecule has 4 N–H and O–H groups in total.